The number of nitrogens with one attached hydrogen (secondary N) is 1. The highest BCUT2D eigenvalue weighted by Crippen LogP contribution is 2.38. The zero-order valence-electron chi connectivity index (χ0n) is 13.6. The van der Waals surface area contributed by atoms with Gasteiger partial charge in [-0.15, -0.1) is 0 Å². The van der Waals surface area contributed by atoms with Crippen LogP contribution in [0.4, 0.5) is 13.2 Å². The van der Waals surface area contributed by atoms with Crippen molar-refractivity contribution in [2.24, 2.45) is 0 Å². The highest BCUT2D eigenvalue weighted by atomic mass is 19.4. The third kappa shape index (κ3) is 3.32. The van der Waals surface area contributed by atoms with E-state index in [1.54, 1.807) is 0 Å². The third-order valence-corrected chi connectivity index (χ3v) is 4.42. The number of hydrogen-bond acceptors (Lipinski definition) is 1. The number of aryl methyl sites for hydroxylation is 1. The quantitative estimate of drug-likeness (QED) is 0.883. The molecular formula is C18H19F3N2O. The van der Waals surface area contributed by atoms with Crippen LogP contribution in [0.15, 0.2) is 30.3 Å². The number of hydrogen-bond donors (Lipinski definition) is 1. The number of carbonyl (C=O) groups excluding carboxylic acids is 1. The van der Waals surface area contributed by atoms with Crippen LogP contribution in [0.1, 0.15) is 51.8 Å². The van der Waals surface area contributed by atoms with Gasteiger partial charge in [0.2, 0.25) is 0 Å². The minimum Gasteiger partial charge on any atom is -0.348 e. The Labute approximate surface area is 138 Å². The summed E-state index contributed by atoms with van der Waals surface area (Å²) in [7, 11) is 0. The van der Waals surface area contributed by atoms with Crippen molar-refractivity contribution in [2.75, 3.05) is 0 Å². The maximum Gasteiger partial charge on any atom is 0.416 e. The molecular weight excluding hydrogens is 317 g/mol. The number of halogens is 3. The van der Waals surface area contributed by atoms with E-state index in [4.69, 9.17) is 0 Å². The monoisotopic (exact) mass is 336 g/mol. The van der Waals surface area contributed by atoms with E-state index in [-0.39, 0.29) is 11.5 Å². The first-order chi connectivity index (χ1) is 11.3. The number of amides is 1. The lowest BCUT2D eigenvalue weighted by atomic mass is 10.1. The summed E-state index contributed by atoms with van der Waals surface area (Å²) in [4.78, 5) is 12.1. The molecule has 0 bridgehead atoms. The van der Waals surface area contributed by atoms with Gasteiger partial charge >= 0.3 is 6.18 Å². The highest BCUT2D eigenvalue weighted by Gasteiger charge is 2.30. The second-order valence-corrected chi connectivity index (χ2v) is 6.26. The van der Waals surface area contributed by atoms with Gasteiger partial charge in [0.05, 0.1) is 5.56 Å². The average molecular weight is 336 g/mol. The first-order valence-electron chi connectivity index (χ1n) is 7.90. The number of alkyl halides is 3. The van der Waals surface area contributed by atoms with Crippen LogP contribution in [0.3, 0.4) is 0 Å². The first kappa shape index (κ1) is 16.6. The zero-order valence-corrected chi connectivity index (χ0v) is 13.6. The molecule has 1 aliphatic carbocycles. The molecule has 1 amide bonds. The molecule has 2 aromatic rings. The largest absolute Gasteiger partial charge is 0.416 e. The standard InChI is InChI=1S/C18H19F3N2O/c1-11-9-14(12(2)23(11)16-7-8-16)10-22-17(24)13-3-5-15(6-4-13)18(19,20)21/h3-6,9,16H,7-8,10H2,1-2H3,(H,22,24). The van der Waals surface area contributed by atoms with Gasteiger partial charge in [0, 0.05) is 29.5 Å². The molecule has 3 rings (SSSR count). The molecule has 128 valence electrons. The number of benzene rings is 1. The number of carbonyl (C=O) groups is 1. The lowest BCUT2D eigenvalue weighted by Crippen LogP contribution is -2.23. The molecule has 3 nitrogen and oxygen atoms in total. The van der Waals surface area contributed by atoms with E-state index in [1.165, 1.54) is 30.7 Å². The number of nitrogens with zero attached hydrogens (tertiary/aromatic N) is 1. The fourth-order valence-electron chi connectivity index (χ4n) is 3.01. The predicted octanol–water partition coefficient (Wildman–Crippen LogP) is 4.39. The number of aromatic nitrogens is 1. The predicted molar refractivity (Wildman–Crippen MR) is 84.8 cm³/mol. The fourth-order valence-corrected chi connectivity index (χ4v) is 3.01. The molecule has 0 atom stereocenters. The smallest absolute Gasteiger partial charge is 0.348 e. The van der Waals surface area contributed by atoms with E-state index >= 15 is 0 Å². The van der Waals surface area contributed by atoms with Crippen molar-refractivity contribution in [1.29, 1.82) is 0 Å². The zero-order chi connectivity index (χ0) is 17.5. The maximum absolute atomic E-state index is 12.5. The van der Waals surface area contributed by atoms with Gasteiger partial charge in [0.1, 0.15) is 0 Å². The molecule has 1 aromatic carbocycles. The molecule has 0 radical (unpaired) electrons. The Kier molecular flexibility index (Phi) is 4.15. The molecule has 1 N–H and O–H groups in total. The van der Waals surface area contributed by atoms with E-state index in [2.05, 4.69) is 16.0 Å². The summed E-state index contributed by atoms with van der Waals surface area (Å²) in [5.41, 5.74) is 2.82. The fraction of sp³-hybridized carbons (Fsp3) is 0.389. The van der Waals surface area contributed by atoms with Gasteiger partial charge in [0.25, 0.3) is 5.91 Å². The SMILES string of the molecule is Cc1cc(CNC(=O)c2ccc(C(F)(F)F)cc2)c(C)n1C1CC1. The van der Waals surface area contributed by atoms with E-state index in [0.29, 0.717) is 12.6 Å². The topological polar surface area (TPSA) is 34.0 Å². The van der Waals surface area contributed by atoms with Gasteiger partial charge < -0.3 is 9.88 Å². The van der Waals surface area contributed by atoms with Crippen LogP contribution in [-0.2, 0) is 12.7 Å². The summed E-state index contributed by atoms with van der Waals surface area (Å²) < 4.78 is 39.9. The Morgan fingerprint density at radius 1 is 1.21 bits per heavy atom. The van der Waals surface area contributed by atoms with Crippen molar-refractivity contribution in [3.05, 3.63) is 58.4 Å². The van der Waals surface area contributed by atoms with Crippen LogP contribution in [0.5, 0.6) is 0 Å². The van der Waals surface area contributed by atoms with Crippen LogP contribution in [0.25, 0.3) is 0 Å². The van der Waals surface area contributed by atoms with Crippen molar-refractivity contribution in [1.82, 2.24) is 9.88 Å². The minimum atomic E-state index is -4.39. The minimum absolute atomic E-state index is 0.221. The second kappa shape index (κ2) is 6.00. The van der Waals surface area contributed by atoms with Crippen LogP contribution < -0.4 is 5.32 Å². The first-order valence-corrected chi connectivity index (χ1v) is 7.90. The van der Waals surface area contributed by atoms with Gasteiger partial charge in [-0.2, -0.15) is 13.2 Å². The summed E-state index contributed by atoms with van der Waals surface area (Å²) in [5, 5.41) is 2.78. The molecule has 0 aliphatic heterocycles. The Balaban J connectivity index is 1.66. The average Bonchev–Trinajstić information content (AvgIpc) is 3.31. The molecule has 24 heavy (non-hydrogen) atoms. The van der Waals surface area contributed by atoms with Crippen LogP contribution in [0, 0.1) is 13.8 Å². The van der Waals surface area contributed by atoms with Crippen molar-refractivity contribution < 1.29 is 18.0 Å². The Morgan fingerprint density at radius 2 is 1.83 bits per heavy atom. The Hall–Kier alpha value is -2.24. The highest BCUT2D eigenvalue weighted by molar-refractivity contribution is 5.94. The maximum atomic E-state index is 12.5. The van der Waals surface area contributed by atoms with E-state index in [0.717, 1.165) is 23.4 Å². The molecule has 1 aromatic heterocycles. The summed E-state index contributed by atoms with van der Waals surface area (Å²) in [6.07, 6.45) is -2.02. The molecule has 1 fully saturated rings. The molecule has 0 spiro atoms. The van der Waals surface area contributed by atoms with Crippen molar-refractivity contribution in [3.8, 4) is 0 Å². The normalized spacial score (nSPS) is 14.7. The lowest BCUT2D eigenvalue weighted by Gasteiger charge is -2.10. The second-order valence-electron chi connectivity index (χ2n) is 6.26. The molecule has 6 heteroatoms. The summed E-state index contributed by atoms with van der Waals surface area (Å²) >= 11 is 0. The third-order valence-electron chi connectivity index (χ3n) is 4.42. The molecule has 1 saturated carbocycles. The summed E-state index contributed by atoms with van der Waals surface area (Å²) in [6.45, 7) is 4.45. The van der Waals surface area contributed by atoms with Gasteiger partial charge in [-0.05, 0) is 62.6 Å². The number of rotatable bonds is 4. The molecule has 0 unspecified atom stereocenters. The van der Waals surface area contributed by atoms with Crippen molar-refractivity contribution >= 4 is 5.91 Å². The van der Waals surface area contributed by atoms with Gasteiger partial charge in [-0.25, -0.2) is 0 Å². The summed E-state index contributed by atoms with van der Waals surface area (Å²) in [6, 6.07) is 6.88. The molecule has 1 heterocycles. The van der Waals surface area contributed by atoms with Crippen LogP contribution in [-0.4, -0.2) is 10.5 Å². The van der Waals surface area contributed by atoms with Gasteiger partial charge in [0.15, 0.2) is 0 Å². The van der Waals surface area contributed by atoms with E-state index in [9.17, 15) is 18.0 Å². The van der Waals surface area contributed by atoms with Crippen molar-refractivity contribution in [3.63, 3.8) is 0 Å². The van der Waals surface area contributed by atoms with Crippen LogP contribution in [0.2, 0.25) is 0 Å². The van der Waals surface area contributed by atoms with E-state index < -0.39 is 11.7 Å². The summed E-state index contributed by atoms with van der Waals surface area (Å²) in [5.74, 6) is -0.375. The van der Waals surface area contributed by atoms with E-state index in [1.807, 2.05) is 13.8 Å². The molecule has 1 aliphatic rings. The van der Waals surface area contributed by atoms with Crippen LogP contribution >= 0.6 is 0 Å². The Morgan fingerprint density at radius 3 is 2.38 bits per heavy atom. The van der Waals surface area contributed by atoms with Gasteiger partial charge in [-0.1, -0.05) is 0 Å². The molecule has 0 saturated heterocycles. The lowest BCUT2D eigenvalue weighted by molar-refractivity contribution is -0.137. The Bertz CT molecular complexity index is 756. The van der Waals surface area contributed by atoms with Crippen molar-refractivity contribution in [2.45, 2.75) is 45.5 Å². The van der Waals surface area contributed by atoms with Gasteiger partial charge in [-0.3, -0.25) is 4.79 Å².